The Morgan fingerprint density at radius 2 is 2.20 bits per heavy atom. The van der Waals surface area contributed by atoms with E-state index in [0.29, 0.717) is 5.69 Å². The first-order valence-electron chi connectivity index (χ1n) is 4.25. The SMILES string of the molecule is Cc1c(O)nc(-c2cnccn2)[nH]c1=O. The fourth-order valence-corrected chi connectivity index (χ4v) is 1.06. The summed E-state index contributed by atoms with van der Waals surface area (Å²) < 4.78 is 0. The Hall–Kier alpha value is -2.24. The van der Waals surface area contributed by atoms with Gasteiger partial charge in [0.1, 0.15) is 5.69 Å². The molecule has 2 aromatic rings. The number of nitrogens with zero attached hydrogens (tertiary/aromatic N) is 3. The van der Waals surface area contributed by atoms with Crippen LogP contribution in [0.15, 0.2) is 23.4 Å². The third-order valence-electron chi connectivity index (χ3n) is 1.93. The van der Waals surface area contributed by atoms with Crippen LogP contribution in [0.2, 0.25) is 0 Å². The summed E-state index contributed by atoms with van der Waals surface area (Å²) >= 11 is 0. The van der Waals surface area contributed by atoms with Gasteiger partial charge in [-0.15, -0.1) is 0 Å². The molecule has 0 amide bonds. The normalized spacial score (nSPS) is 10.2. The molecule has 0 atom stereocenters. The number of rotatable bonds is 1. The summed E-state index contributed by atoms with van der Waals surface area (Å²) in [7, 11) is 0. The molecule has 6 heteroatoms. The molecule has 2 N–H and O–H groups in total. The average Bonchev–Trinajstić information content (AvgIpc) is 2.26. The molecular weight excluding hydrogens is 196 g/mol. The second-order valence-electron chi connectivity index (χ2n) is 2.95. The molecule has 6 nitrogen and oxygen atoms in total. The second kappa shape index (κ2) is 3.49. The maximum atomic E-state index is 11.3. The number of hydrogen-bond acceptors (Lipinski definition) is 5. The first kappa shape index (κ1) is 9.32. The van der Waals surface area contributed by atoms with Crippen LogP contribution in [0.3, 0.4) is 0 Å². The summed E-state index contributed by atoms with van der Waals surface area (Å²) in [5, 5.41) is 9.36. The molecular formula is C9H8N4O2. The summed E-state index contributed by atoms with van der Waals surface area (Å²) in [5.41, 5.74) is 0.204. The highest BCUT2D eigenvalue weighted by Crippen LogP contribution is 2.13. The predicted octanol–water partition coefficient (Wildman–Crippen LogP) is 0.241. The molecule has 0 aliphatic heterocycles. The number of aromatic nitrogens is 4. The highest BCUT2D eigenvalue weighted by atomic mass is 16.3. The van der Waals surface area contributed by atoms with Gasteiger partial charge in [-0.2, -0.15) is 4.98 Å². The van der Waals surface area contributed by atoms with Gasteiger partial charge in [-0.1, -0.05) is 0 Å². The van der Waals surface area contributed by atoms with E-state index < -0.39 is 0 Å². The molecule has 0 fully saturated rings. The van der Waals surface area contributed by atoms with Crippen molar-refractivity contribution in [2.45, 2.75) is 6.92 Å². The topological polar surface area (TPSA) is 91.8 Å². The van der Waals surface area contributed by atoms with Crippen LogP contribution in [-0.4, -0.2) is 25.0 Å². The Kier molecular flexibility index (Phi) is 2.17. The number of aromatic hydroxyl groups is 1. The summed E-state index contributed by atoms with van der Waals surface area (Å²) in [6.07, 6.45) is 4.44. The summed E-state index contributed by atoms with van der Waals surface area (Å²) in [6.45, 7) is 1.49. The van der Waals surface area contributed by atoms with Gasteiger partial charge in [-0.05, 0) is 6.92 Å². The van der Waals surface area contributed by atoms with Gasteiger partial charge in [0, 0.05) is 12.4 Å². The van der Waals surface area contributed by atoms with Crippen LogP contribution in [0.25, 0.3) is 11.5 Å². The zero-order valence-electron chi connectivity index (χ0n) is 7.93. The first-order chi connectivity index (χ1) is 7.18. The van der Waals surface area contributed by atoms with Crippen LogP contribution in [0, 0.1) is 6.92 Å². The van der Waals surface area contributed by atoms with E-state index in [1.165, 1.54) is 25.5 Å². The third kappa shape index (κ3) is 1.69. The van der Waals surface area contributed by atoms with Gasteiger partial charge in [0.2, 0.25) is 5.88 Å². The molecule has 0 radical (unpaired) electrons. The van der Waals surface area contributed by atoms with Gasteiger partial charge in [0.05, 0.1) is 11.8 Å². The maximum absolute atomic E-state index is 11.3. The lowest BCUT2D eigenvalue weighted by atomic mass is 10.3. The van der Waals surface area contributed by atoms with Crippen molar-refractivity contribution in [1.82, 2.24) is 19.9 Å². The van der Waals surface area contributed by atoms with Gasteiger partial charge in [0.15, 0.2) is 5.82 Å². The van der Waals surface area contributed by atoms with Crippen molar-refractivity contribution in [1.29, 1.82) is 0 Å². The van der Waals surface area contributed by atoms with Crippen molar-refractivity contribution >= 4 is 0 Å². The van der Waals surface area contributed by atoms with E-state index in [1.54, 1.807) is 0 Å². The molecule has 0 saturated carbocycles. The Balaban J connectivity index is 2.61. The van der Waals surface area contributed by atoms with Crippen molar-refractivity contribution in [3.63, 3.8) is 0 Å². The Morgan fingerprint density at radius 3 is 2.80 bits per heavy atom. The summed E-state index contributed by atoms with van der Waals surface area (Å²) in [5.74, 6) is -0.0874. The van der Waals surface area contributed by atoms with Crippen LogP contribution >= 0.6 is 0 Å². The van der Waals surface area contributed by atoms with Crippen molar-refractivity contribution in [2.24, 2.45) is 0 Å². The van der Waals surface area contributed by atoms with E-state index in [0.717, 1.165) is 0 Å². The second-order valence-corrected chi connectivity index (χ2v) is 2.95. The highest BCUT2D eigenvalue weighted by molar-refractivity contribution is 5.47. The van der Waals surface area contributed by atoms with Gasteiger partial charge < -0.3 is 10.1 Å². The van der Waals surface area contributed by atoms with Crippen LogP contribution in [-0.2, 0) is 0 Å². The van der Waals surface area contributed by atoms with Gasteiger partial charge in [0.25, 0.3) is 5.56 Å². The Labute approximate surface area is 84.7 Å². The molecule has 0 saturated heterocycles. The van der Waals surface area contributed by atoms with Gasteiger partial charge in [-0.25, -0.2) is 4.98 Å². The zero-order valence-corrected chi connectivity index (χ0v) is 7.93. The monoisotopic (exact) mass is 204 g/mol. The third-order valence-corrected chi connectivity index (χ3v) is 1.93. The average molecular weight is 204 g/mol. The lowest BCUT2D eigenvalue weighted by molar-refractivity contribution is 0.447. The van der Waals surface area contributed by atoms with E-state index in [9.17, 15) is 9.90 Å². The zero-order chi connectivity index (χ0) is 10.8. The lowest BCUT2D eigenvalue weighted by Crippen LogP contribution is -2.12. The molecule has 2 rings (SSSR count). The number of aromatic amines is 1. The van der Waals surface area contributed by atoms with Crippen LogP contribution < -0.4 is 5.56 Å². The summed E-state index contributed by atoms with van der Waals surface area (Å²) in [4.78, 5) is 25.4. The molecule has 0 aliphatic rings. The fourth-order valence-electron chi connectivity index (χ4n) is 1.06. The first-order valence-corrected chi connectivity index (χ1v) is 4.25. The molecule has 0 unspecified atom stereocenters. The number of hydrogen-bond donors (Lipinski definition) is 2. The van der Waals surface area contributed by atoms with Crippen LogP contribution in [0.5, 0.6) is 5.88 Å². The standard InChI is InChI=1S/C9H8N4O2/c1-5-8(14)12-7(13-9(5)15)6-4-10-2-3-11-6/h2-4H,1H3,(H2,12,13,14,15). The van der Waals surface area contributed by atoms with E-state index in [-0.39, 0.29) is 22.8 Å². The minimum atomic E-state index is -0.386. The molecule has 76 valence electrons. The largest absolute Gasteiger partial charge is 0.493 e. The number of nitrogens with one attached hydrogen (secondary N) is 1. The van der Waals surface area contributed by atoms with Crippen molar-refractivity contribution in [2.75, 3.05) is 0 Å². The predicted molar refractivity (Wildman–Crippen MR) is 52.3 cm³/mol. The van der Waals surface area contributed by atoms with E-state index in [1.807, 2.05) is 0 Å². The minimum Gasteiger partial charge on any atom is -0.493 e. The van der Waals surface area contributed by atoms with Gasteiger partial charge >= 0.3 is 0 Å². The van der Waals surface area contributed by atoms with E-state index in [2.05, 4.69) is 19.9 Å². The highest BCUT2D eigenvalue weighted by Gasteiger charge is 2.08. The van der Waals surface area contributed by atoms with Crippen molar-refractivity contribution in [3.05, 3.63) is 34.5 Å². The lowest BCUT2D eigenvalue weighted by Gasteiger charge is -2.01. The molecule has 15 heavy (non-hydrogen) atoms. The quantitative estimate of drug-likeness (QED) is 0.694. The molecule has 0 bridgehead atoms. The Bertz CT molecular complexity index is 536. The van der Waals surface area contributed by atoms with E-state index in [4.69, 9.17) is 0 Å². The van der Waals surface area contributed by atoms with E-state index >= 15 is 0 Å². The molecule has 2 aromatic heterocycles. The summed E-state index contributed by atoms with van der Waals surface area (Å²) in [6, 6.07) is 0. The van der Waals surface area contributed by atoms with Crippen molar-refractivity contribution < 1.29 is 5.11 Å². The van der Waals surface area contributed by atoms with Crippen molar-refractivity contribution in [3.8, 4) is 17.4 Å². The molecule has 0 aliphatic carbocycles. The van der Waals surface area contributed by atoms with Crippen LogP contribution in [0.4, 0.5) is 0 Å². The maximum Gasteiger partial charge on any atom is 0.257 e. The molecule has 0 aromatic carbocycles. The smallest absolute Gasteiger partial charge is 0.257 e. The minimum absolute atomic E-state index is 0.183. The fraction of sp³-hybridized carbons (Fsp3) is 0.111. The molecule has 2 heterocycles. The molecule has 0 spiro atoms. The Morgan fingerprint density at radius 1 is 1.40 bits per heavy atom. The van der Waals surface area contributed by atoms with Gasteiger partial charge in [-0.3, -0.25) is 9.78 Å². The number of H-pyrrole nitrogens is 1. The van der Waals surface area contributed by atoms with Crippen LogP contribution in [0.1, 0.15) is 5.56 Å².